The fraction of sp³-hybridized carbons (Fsp3) is 0.444. The third-order valence-electron chi connectivity index (χ3n) is 4.35. The standard InChI is InChI=1S/C18H23ClN4O2S/c19-14-4-2-1-3-13(14)16(23-7-9-25-10-8-23)11-21-18(24)15-12-26-17(22-15)5-6-20/h1-4,12,16H,5-11,20H2,(H,21,24). The van der Waals surface area contributed by atoms with Gasteiger partial charge in [-0.25, -0.2) is 4.98 Å². The molecule has 1 saturated heterocycles. The van der Waals surface area contributed by atoms with Gasteiger partial charge in [0.15, 0.2) is 0 Å². The van der Waals surface area contributed by atoms with Crippen LogP contribution in [0.15, 0.2) is 29.6 Å². The van der Waals surface area contributed by atoms with Crippen LogP contribution in [0.5, 0.6) is 0 Å². The van der Waals surface area contributed by atoms with E-state index in [1.165, 1.54) is 11.3 Å². The number of ether oxygens (including phenoxy) is 1. The molecule has 0 saturated carbocycles. The van der Waals surface area contributed by atoms with Crippen LogP contribution in [0.3, 0.4) is 0 Å². The first-order valence-corrected chi connectivity index (χ1v) is 9.93. The number of thiazole rings is 1. The maximum Gasteiger partial charge on any atom is 0.270 e. The summed E-state index contributed by atoms with van der Waals surface area (Å²) in [5, 5.41) is 6.38. The summed E-state index contributed by atoms with van der Waals surface area (Å²) in [5.74, 6) is -0.171. The molecule has 26 heavy (non-hydrogen) atoms. The highest BCUT2D eigenvalue weighted by Gasteiger charge is 2.25. The van der Waals surface area contributed by atoms with Crippen molar-refractivity contribution in [1.82, 2.24) is 15.2 Å². The molecule has 2 aromatic rings. The predicted molar refractivity (Wildman–Crippen MR) is 104 cm³/mol. The number of nitrogens with one attached hydrogen (secondary N) is 1. The van der Waals surface area contributed by atoms with Crippen LogP contribution in [-0.2, 0) is 11.2 Å². The van der Waals surface area contributed by atoms with Crippen molar-refractivity contribution in [3.8, 4) is 0 Å². The number of amides is 1. The molecular formula is C18H23ClN4O2S. The Labute approximate surface area is 162 Å². The molecule has 1 unspecified atom stereocenters. The van der Waals surface area contributed by atoms with E-state index in [-0.39, 0.29) is 11.9 Å². The highest BCUT2D eigenvalue weighted by Crippen LogP contribution is 2.27. The van der Waals surface area contributed by atoms with Crippen LogP contribution < -0.4 is 11.1 Å². The molecule has 8 heteroatoms. The maximum atomic E-state index is 12.5. The van der Waals surface area contributed by atoms with Crippen molar-refractivity contribution >= 4 is 28.8 Å². The van der Waals surface area contributed by atoms with Crippen LogP contribution >= 0.6 is 22.9 Å². The second kappa shape index (κ2) is 9.43. The Morgan fingerprint density at radius 2 is 2.15 bits per heavy atom. The van der Waals surface area contributed by atoms with Crippen molar-refractivity contribution in [2.75, 3.05) is 39.4 Å². The lowest BCUT2D eigenvalue weighted by atomic mass is 10.0. The Balaban J connectivity index is 1.70. The average molecular weight is 395 g/mol. The maximum absolute atomic E-state index is 12.5. The first-order valence-electron chi connectivity index (χ1n) is 8.68. The number of rotatable bonds is 7. The van der Waals surface area contributed by atoms with Gasteiger partial charge in [-0.05, 0) is 18.2 Å². The quantitative estimate of drug-likeness (QED) is 0.751. The van der Waals surface area contributed by atoms with E-state index in [1.807, 2.05) is 24.3 Å². The smallest absolute Gasteiger partial charge is 0.270 e. The molecule has 3 N–H and O–H groups in total. The Bertz CT molecular complexity index is 733. The Kier molecular flexibility index (Phi) is 6.99. The van der Waals surface area contributed by atoms with Gasteiger partial charge in [-0.15, -0.1) is 11.3 Å². The molecule has 1 fully saturated rings. The van der Waals surface area contributed by atoms with E-state index in [2.05, 4.69) is 15.2 Å². The van der Waals surface area contributed by atoms with E-state index < -0.39 is 0 Å². The van der Waals surface area contributed by atoms with Crippen LogP contribution in [0.25, 0.3) is 0 Å². The van der Waals surface area contributed by atoms with E-state index in [1.54, 1.807) is 5.38 Å². The van der Waals surface area contributed by atoms with E-state index in [9.17, 15) is 4.79 Å². The van der Waals surface area contributed by atoms with Gasteiger partial charge in [-0.3, -0.25) is 9.69 Å². The van der Waals surface area contributed by atoms with Crippen molar-refractivity contribution in [2.24, 2.45) is 5.73 Å². The fourth-order valence-electron chi connectivity index (χ4n) is 3.00. The van der Waals surface area contributed by atoms with E-state index in [4.69, 9.17) is 22.1 Å². The van der Waals surface area contributed by atoms with Gasteiger partial charge in [-0.2, -0.15) is 0 Å². The second-order valence-corrected chi connectivity index (χ2v) is 7.41. The minimum Gasteiger partial charge on any atom is -0.379 e. The molecule has 6 nitrogen and oxygen atoms in total. The van der Waals surface area contributed by atoms with Crippen molar-refractivity contribution in [1.29, 1.82) is 0 Å². The van der Waals surface area contributed by atoms with Gasteiger partial charge in [0.25, 0.3) is 5.91 Å². The molecular weight excluding hydrogens is 372 g/mol. The minimum atomic E-state index is -0.171. The monoisotopic (exact) mass is 394 g/mol. The molecule has 2 heterocycles. The zero-order chi connectivity index (χ0) is 18.4. The summed E-state index contributed by atoms with van der Waals surface area (Å²) in [6, 6.07) is 7.77. The molecule has 1 aliphatic rings. The highest BCUT2D eigenvalue weighted by molar-refractivity contribution is 7.09. The average Bonchev–Trinajstić information content (AvgIpc) is 3.13. The van der Waals surface area contributed by atoms with Gasteiger partial charge >= 0.3 is 0 Å². The molecule has 0 radical (unpaired) electrons. The number of benzene rings is 1. The summed E-state index contributed by atoms with van der Waals surface area (Å²) < 4.78 is 5.46. The third kappa shape index (κ3) is 4.81. The molecule has 1 atom stereocenters. The Morgan fingerprint density at radius 1 is 1.38 bits per heavy atom. The number of carbonyl (C=O) groups excluding carboxylic acids is 1. The first kappa shape index (κ1) is 19.3. The number of hydrogen-bond donors (Lipinski definition) is 2. The largest absolute Gasteiger partial charge is 0.379 e. The van der Waals surface area contributed by atoms with Gasteiger partial charge < -0.3 is 15.8 Å². The molecule has 0 spiro atoms. The molecule has 140 valence electrons. The molecule has 1 aromatic carbocycles. The van der Waals surface area contributed by atoms with Gasteiger partial charge in [0.2, 0.25) is 0 Å². The number of halogens is 1. The summed E-state index contributed by atoms with van der Waals surface area (Å²) >= 11 is 7.88. The lowest BCUT2D eigenvalue weighted by Gasteiger charge is -2.35. The minimum absolute atomic E-state index is 0.00121. The zero-order valence-corrected chi connectivity index (χ0v) is 16.1. The molecule has 3 rings (SSSR count). The molecule has 0 aliphatic carbocycles. The summed E-state index contributed by atoms with van der Waals surface area (Å²) in [6.45, 7) is 3.98. The highest BCUT2D eigenvalue weighted by atomic mass is 35.5. The van der Waals surface area contributed by atoms with Crippen molar-refractivity contribution < 1.29 is 9.53 Å². The van der Waals surface area contributed by atoms with E-state index >= 15 is 0 Å². The zero-order valence-electron chi connectivity index (χ0n) is 14.5. The SMILES string of the molecule is NCCc1nc(C(=O)NCC(c2ccccc2Cl)N2CCOCC2)cs1. The normalized spacial score (nSPS) is 16.4. The topological polar surface area (TPSA) is 80.5 Å². The lowest BCUT2D eigenvalue weighted by molar-refractivity contribution is 0.0162. The van der Waals surface area contributed by atoms with Crippen molar-refractivity contribution in [3.63, 3.8) is 0 Å². The summed E-state index contributed by atoms with van der Waals surface area (Å²) in [6.07, 6.45) is 0.688. The Morgan fingerprint density at radius 3 is 2.88 bits per heavy atom. The van der Waals surface area contributed by atoms with Gasteiger partial charge in [0.1, 0.15) is 5.69 Å². The van der Waals surface area contributed by atoms with Crippen LogP contribution in [0.4, 0.5) is 0 Å². The fourth-order valence-corrected chi connectivity index (χ4v) is 4.06. The predicted octanol–water partition coefficient (Wildman–Crippen LogP) is 2.10. The molecule has 1 aromatic heterocycles. The van der Waals surface area contributed by atoms with Gasteiger partial charge in [-0.1, -0.05) is 29.8 Å². The number of aromatic nitrogens is 1. The summed E-state index contributed by atoms with van der Waals surface area (Å²) in [7, 11) is 0. The van der Waals surface area contributed by atoms with Gasteiger partial charge in [0, 0.05) is 36.5 Å². The molecule has 1 amide bonds. The summed E-state index contributed by atoms with van der Waals surface area (Å²) in [4.78, 5) is 19.1. The van der Waals surface area contributed by atoms with E-state index in [0.29, 0.717) is 43.4 Å². The number of hydrogen-bond acceptors (Lipinski definition) is 6. The number of morpholine rings is 1. The molecule has 0 bridgehead atoms. The number of nitrogens with zero attached hydrogens (tertiary/aromatic N) is 2. The number of carbonyl (C=O) groups is 1. The first-order chi connectivity index (χ1) is 12.7. The van der Waals surface area contributed by atoms with Gasteiger partial charge in [0.05, 0.1) is 24.3 Å². The van der Waals surface area contributed by atoms with Crippen LogP contribution in [0, 0.1) is 0 Å². The van der Waals surface area contributed by atoms with Crippen molar-refractivity contribution in [3.05, 3.63) is 50.9 Å². The molecule has 1 aliphatic heterocycles. The van der Waals surface area contributed by atoms with Crippen LogP contribution in [0.2, 0.25) is 5.02 Å². The van der Waals surface area contributed by atoms with Crippen LogP contribution in [-0.4, -0.2) is 55.2 Å². The summed E-state index contributed by atoms with van der Waals surface area (Å²) in [5.41, 5.74) is 7.00. The number of nitrogens with two attached hydrogens (primary N) is 1. The van der Waals surface area contributed by atoms with E-state index in [0.717, 1.165) is 23.7 Å². The second-order valence-electron chi connectivity index (χ2n) is 6.06. The van der Waals surface area contributed by atoms with Crippen LogP contribution in [0.1, 0.15) is 27.1 Å². The Hall–Kier alpha value is -1.51. The third-order valence-corrected chi connectivity index (χ3v) is 5.60. The lowest BCUT2D eigenvalue weighted by Crippen LogP contribution is -2.44. The van der Waals surface area contributed by atoms with Crippen molar-refractivity contribution in [2.45, 2.75) is 12.5 Å².